The molecule has 0 spiro atoms. The van der Waals surface area contributed by atoms with Crippen LogP contribution >= 0.6 is 0 Å². The number of hydrogen-bond acceptors (Lipinski definition) is 2. The van der Waals surface area contributed by atoms with Crippen molar-refractivity contribution < 1.29 is 9.59 Å². The molecule has 1 aromatic carbocycles. The summed E-state index contributed by atoms with van der Waals surface area (Å²) in [5.74, 6) is -0.303. The van der Waals surface area contributed by atoms with Crippen molar-refractivity contribution in [2.45, 2.75) is 51.9 Å². The molecule has 1 aliphatic heterocycles. The van der Waals surface area contributed by atoms with Gasteiger partial charge in [0.25, 0.3) is 0 Å². The summed E-state index contributed by atoms with van der Waals surface area (Å²) in [5, 5.41) is 2.80. The van der Waals surface area contributed by atoms with Crippen LogP contribution in [0.5, 0.6) is 0 Å². The van der Waals surface area contributed by atoms with Crippen LogP contribution in [-0.2, 0) is 15.0 Å². The van der Waals surface area contributed by atoms with Crippen molar-refractivity contribution in [3.63, 3.8) is 0 Å². The minimum absolute atomic E-state index is 0.0662. The fourth-order valence-electron chi connectivity index (χ4n) is 2.65. The Bertz CT molecular complexity index is 523. The molecule has 22 heavy (non-hydrogen) atoms. The smallest absolute Gasteiger partial charge is 0.233 e. The predicted octanol–water partition coefficient (Wildman–Crippen LogP) is 3.33. The summed E-state index contributed by atoms with van der Waals surface area (Å²) in [6.07, 6.45) is 3.19. The van der Waals surface area contributed by atoms with E-state index < -0.39 is 0 Å². The number of anilines is 1. The molecule has 0 unspecified atom stereocenters. The highest BCUT2D eigenvalue weighted by Crippen LogP contribution is 2.23. The Hall–Kier alpha value is -1.84. The summed E-state index contributed by atoms with van der Waals surface area (Å²) < 4.78 is 0. The van der Waals surface area contributed by atoms with Crippen molar-refractivity contribution in [3.8, 4) is 0 Å². The van der Waals surface area contributed by atoms with E-state index in [1.807, 2.05) is 24.3 Å². The van der Waals surface area contributed by atoms with Gasteiger partial charge in [0.1, 0.15) is 6.42 Å². The molecule has 1 saturated heterocycles. The first-order valence-electron chi connectivity index (χ1n) is 8.04. The Balaban J connectivity index is 1.87. The molecule has 0 atom stereocenters. The predicted molar refractivity (Wildman–Crippen MR) is 88.8 cm³/mol. The molecule has 120 valence electrons. The molecule has 1 heterocycles. The standard InChI is InChI=1S/C18H26N2O2/c1-18(2,3)14-7-9-15(10-8-14)19-16(21)13-17(22)20-11-5-4-6-12-20/h7-10H,4-6,11-13H2,1-3H3,(H,19,21). The van der Waals surface area contributed by atoms with Gasteiger partial charge in [-0.15, -0.1) is 0 Å². The van der Waals surface area contributed by atoms with Crippen LogP contribution in [-0.4, -0.2) is 29.8 Å². The van der Waals surface area contributed by atoms with Gasteiger partial charge in [0.2, 0.25) is 11.8 Å². The van der Waals surface area contributed by atoms with Gasteiger partial charge in [-0.05, 0) is 42.4 Å². The molecule has 2 amide bonds. The second-order valence-corrected chi connectivity index (χ2v) is 6.99. The highest BCUT2D eigenvalue weighted by Gasteiger charge is 2.19. The van der Waals surface area contributed by atoms with Gasteiger partial charge in [-0.1, -0.05) is 32.9 Å². The van der Waals surface area contributed by atoms with Crippen LogP contribution in [0.1, 0.15) is 52.0 Å². The van der Waals surface area contributed by atoms with Crippen LogP contribution in [0, 0.1) is 0 Å². The quantitative estimate of drug-likeness (QED) is 0.871. The van der Waals surface area contributed by atoms with Crippen molar-refractivity contribution in [1.29, 1.82) is 0 Å². The van der Waals surface area contributed by atoms with Crippen LogP contribution in [0.15, 0.2) is 24.3 Å². The molecule has 0 saturated carbocycles. The molecule has 4 nitrogen and oxygen atoms in total. The van der Waals surface area contributed by atoms with E-state index in [4.69, 9.17) is 0 Å². The number of nitrogens with zero attached hydrogens (tertiary/aromatic N) is 1. The van der Waals surface area contributed by atoms with E-state index in [0.717, 1.165) is 31.6 Å². The number of benzene rings is 1. The van der Waals surface area contributed by atoms with Crippen molar-refractivity contribution in [1.82, 2.24) is 4.90 Å². The third-order valence-electron chi connectivity index (χ3n) is 4.06. The molecule has 0 aromatic heterocycles. The average molecular weight is 302 g/mol. The third kappa shape index (κ3) is 4.58. The van der Waals surface area contributed by atoms with Gasteiger partial charge in [-0.2, -0.15) is 0 Å². The summed E-state index contributed by atoms with van der Waals surface area (Å²) in [6, 6.07) is 7.82. The van der Waals surface area contributed by atoms with E-state index in [0.29, 0.717) is 0 Å². The molecule has 4 heteroatoms. The lowest BCUT2D eigenvalue weighted by Crippen LogP contribution is -2.37. The lowest BCUT2D eigenvalue weighted by Gasteiger charge is -2.26. The molecular weight excluding hydrogens is 276 g/mol. The first-order valence-corrected chi connectivity index (χ1v) is 8.04. The maximum atomic E-state index is 12.0. The lowest BCUT2D eigenvalue weighted by atomic mass is 9.87. The van der Waals surface area contributed by atoms with E-state index in [9.17, 15) is 9.59 Å². The second kappa shape index (κ2) is 6.95. The van der Waals surface area contributed by atoms with Gasteiger partial charge in [0, 0.05) is 18.8 Å². The summed E-state index contributed by atoms with van der Waals surface area (Å²) >= 11 is 0. The molecule has 0 radical (unpaired) electrons. The van der Waals surface area contributed by atoms with Gasteiger partial charge < -0.3 is 10.2 Å². The Morgan fingerprint density at radius 2 is 1.64 bits per heavy atom. The van der Waals surface area contributed by atoms with Crippen molar-refractivity contribution in [2.75, 3.05) is 18.4 Å². The van der Waals surface area contributed by atoms with Gasteiger partial charge >= 0.3 is 0 Å². The molecule has 1 fully saturated rings. The highest BCUT2D eigenvalue weighted by atomic mass is 16.2. The lowest BCUT2D eigenvalue weighted by molar-refractivity contribution is -0.135. The van der Waals surface area contributed by atoms with Gasteiger partial charge in [0.15, 0.2) is 0 Å². The number of carbonyl (C=O) groups excluding carboxylic acids is 2. The summed E-state index contributed by atoms with van der Waals surface area (Å²) in [7, 11) is 0. The van der Waals surface area contributed by atoms with Gasteiger partial charge in [-0.3, -0.25) is 9.59 Å². The maximum Gasteiger partial charge on any atom is 0.233 e. The van der Waals surface area contributed by atoms with Crippen LogP contribution < -0.4 is 5.32 Å². The maximum absolute atomic E-state index is 12.0. The molecule has 1 N–H and O–H groups in total. The zero-order valence-electron chi connectivity index (χ0n) is 13.8. The van der Waals surface area contributed by atoms with E-state index in [2.05, 4.69) is 26.1 Å². The van der Waals surface area contributed by atoms with Crippen molar-refractivity contribution in [2.24, 2.45) is 0 Å². The summed E-state index contributed by atoms with van der Waals surface area (Å²) in [4.78, 5) is 25.8. The Labute approximate surface area is 132 Å². The molecule has 1 aliphatic rings. The molecule has 1 aromatic rings. The van der Waals surface area contributed by atoms with Crippen molar-refractivity contribution in [3.05, 3.63) is 29.8 Å². The molecule has 0 bridgehead atoms. The number of rotatable bonds is 3. The van der Waals surface area contributed by atoms with Crippen molar-refractivity contribution >= 4 is 17.5 Å². The first-order chi connectivity index (χ1) is 10.4. The fraction of sp³-hybridized carbons (Fsp3) is 0.556. The first kappa shape index (κ1) is 16.5. The SMILES string of the molecule is CC(C)(C)c1ccc(NC(=O)CC(=O)N2CCCCC2)cc1. The topological polar surface area (TPSA) is 49.4 Å². The second-order valence-electron chi connectivity index (χ2n) is 6.99. The van der Waals surface area contributed by atoms with Gasteiger partial charge in [-0.25, -0.2) is 0 Å². The Morgan fingerprint density at radius 1 is 1.05 bits per heavy atom. The van der Waals surface area contributed by atoms with Crippen LogP contribution in [0.3, 0.4) is 0 Å². The van der Waals surface area contributed by atoms with E-state index in [1.54, 1.807) is 4.90 Å². The number of likely N-dealkylation sites (tertiary alicyclic amines) is 1. The molecule has 2 rings (SSSR count). The van der Waals surface area contributed by atoms with Crippen LogP contribution in [0.2, 0.25) is 0 Å². The molecular formula is C18H26N2O2. The fourth-order valence-corrected chi connectivity index (χ4v) is 2.65. The Morgan fingerprint density at radius 3 is 2.18 bits per heavy atom. The number of piperidine rings is 1. The number of amides is 2. The number of carbonyl (C=O) groups is 2. The number of nitrogens with one attached hydrogen (secondary N) is 1. The Kier molecular flexibility index (Phi) is 5.22. The monoisotopic (exact) mass is 302 g/mol. The summed E-state index contributed by atoms with van der Waals surface area (Å²) in [5.41, 5.74) is 2.05. The minimum atomic E-state index is -0.237. The average Bonchev–Trinajstić information content (AvgIpc) is 2.47. The van der Waals surface area contributed by atoms with E-state index in [1.165, 1.54) is 12.0 Å². The zero-order valence-corrected chi connectivity index (χ0v) is 13.8. The number of hydrogen-bond donors (Lipinski definition) is 1. The highest BCUT2D eigenvalue weighted by molar-refractivity contribution is 6.03. The zero-order chi connectivity index (χ0) is 16.2. The van der Waals surface area contributed by atoms with Gasteiger partial charge in [0.05, 0.1) is 0 Å². The largest absolute Gasteiger partial charge is 0.342 e. The minimum Gasteiger partial charge on any atom is -0.342 e. The third-order valence-corrected chi connectivity index (χ3v) is 4.06. The molecule has 0 aliphatic carbocycles. The van der Waals surface area contributed by atoms with Crippen LogP contribution in [0.25, 0.3) is 0 Å². The van der Waals surface area contributed by atoms with Crippen LogP contribution in [0.4, 0.5) is 5.69 Å². The van der Waals surface area contributed by atoms with E-state index in [-0.39, 0.29) is 23.7 Å². The summed E-state index contributed by atoms with van der Waals surface area (Å²) in [6.45, 7) is 8.02. The van der Waals surface area contributed by atoms with E-state index >= 15 is 0 Å². The normalized spacial score (nSPS) is 15.5.